The second-order valence-corrected chi connectivity index (χ2v) is 6.04. The molecule has 2 saturated heterocycles. The molecule has 1 aromatic rings. The van der Waals surface area contributed by atoms with Gasteiger partial charge in [-0.15, -0.1) is 0 Å². The standard InChI is InChI=1S/C16H16N2O7/c19-6-5-11-12-7-13(20)14(17(12)15(11)21)16(22)25-8-9-1-3-10(4-2-9)18(23)24/h1-4,11-12,14,19H,5-8H2. The maximum atomic E-state index is 12.2. The Hall–Kier alpha value is -2.81. The Balaban J connectivity index is 1.61. The van der Waals surface area contributed by atoms with E-state index in [1.807, 2.05) is 0 Å². The predicted molar refractivity (Wildman–Crippen MR) is 82.1 cm³/mol. The van der Waals surface area contributed by atoms with E-state index in [1.165, 1.54) is 29.2 Å². The molecule has 1 N–H and O–H groups in total. The lowest BCUT2D eigenvalue weighted by molar-refractivity contribution is -0.384. The number of benzene rings is 1. The van der Waals surface area contributed by atoms with Crippen LogP contribution in [0.25, 0.3) is 0 Å². The number of aliphatic hydroxyl groups excluding tert-OH is 1. The number of β-lactam (4-membered cyclic amide) rings is 1. The van der Waals surface area contributed by atoms with E-state index in [1.54, 1.807) is 0 Å². The number of Topliss-reactive ketones (excluding diaryl/α,β-unsaturated/α-hetero) is 1. The van der Waals surface area contributed by atoms with E-state index in [4.69, 9.17) is 9.84 Å². The zero-order valence-electron chi connectivity index (χ0n) is 13.2. The number of hydrogen-bond acceptors (Lipinski definition) is 7. The van der Waals surface area contributed by atoms with E-state index >= 15 is 0 Å². The van der Waals surface area contributed by atoms with Crippen molar-refractivity contribution in [1.29, 1.82) is 0 Å². The molecule has 3 rings (SSSR count). The fraction of sp³-hybridized carbons (Fsp3) is 0.438. The van der Waals surface area contributed by atoms with Crippen molar-refractivity contribution in [2.45, 2.75) is 31.5 Å². The fourth-order valence-electron chi connectivity index (χ4n) is 3.31. The van der Waals surface area contributed by atoms with Crippen LogP contribution in [0.15, 0.2) is 24.3 Å². The van der Waals surface area contributed by atoms with Crippen LogP contribution in [0.3, 0.4) is 0 Å². The SMILES string of the molecule is O=C1CC2C(CCO)C(=O)N2C1C(=O)OCc1ccc([N+](=O)[O-])cc1. The van der Waals surface area contributed by atoms with Gasteiger partial charge in [0.1, 0.15) is 6.61 Å². The molecule has 0 spiro atoms. The van der Waals surface area contributed by atoms with Gasteiger partial charge in [0.25, 0.3) is 5.69 Å². The molecule has 0 bridgehead atoms. The normalized spacial score (nSPS) is 24.7. The first-order valence-corrected chi connectivity index (χ1v) is 7.79. The van der Waals surface area contributed by atoms with E-state index in [0.717, 1.165) is 0 Å². The number of aliphatic hydroxyl groups is 1. The van der Waals surface area contributed by atoms with Gasteiger partial charge in [0.15, 0.2) is 11.8 Å². The fourth-order valence-corrected chi connectivity index (χ4v) is 3.31. The monoisotopic (exact) mass is 348 g/mol. The average Bonchev–Trinajstić information content (AvgIpc) is 2.91. The van der Waals surface area contributed by atoms with Gasteiger partial charge >= 0.3 is 5.97 Å². The van der Waals surface area contributed by atoms with Crippen LogP contribution in [0.4, 0.5) is 5.69 Å². The van der Waals surface area contributed by atoms with Gasteiger partial charge in [-0.2, -0.15) is 0 Å². The van der Waals surface area contributed by atoms with Gasteiger partial charge in [-0.25, -0.2) is 4.79 Å². The number of ketones is 1. The highest BCUT2D eigenvalue weighted by molar-refractivity contribution is 6.11. The molecule has 9 heteroatoms. The lowest BCUT2D eigenvalue weighted by Gasteiger charge is -2.43. The highest BCUT2D eigenvalue weighted by Gasteiger charge is 2.59. The lowest BCUT2D eigenvalue weighted by atomic mass is 9.85. The van der Waals surface area contributed by atoms with Crippen molar-refractivity contribution in [3.63, 3.8) is 0 Å². The highest BCUT2D eigenvalue weighted by atomic mass is 16.6. The highest BCUT2D eigenvalue weighted by Crippen LogP contribution is 2.39. The molecule has 3 atom stereocenters. The summed E-state index contributed by atoms with van der Waals surface area (Å²) >= 11 is 0. The van der Waals surface area contributed by atoms with Crippen LogP contribution in [-0.4, -0.2) is 51.3 Å². The van der Waals surface area contributed by atoms with Crippen molar-refractivity contribution < 1.29 is 29.2 Å². The molecule has 2 aliphatic rings. The number of esters is 1. The molecule has 2 fully saturated rings. The number of non-ortho nitro benzene ring substituents is 1. The smallest absolute Gasteiger partial charge is 0.337 e. The molecule has 3 unspecified atom stereocenters. The maximum absolute atomic E-state index is 12.2. The minimum Gasteiger partial charge on any atom is -0.459 e. The maximum Gasteiger partial charge on any atom is 0.337 e. The first-order chi connectivity index (χ1) is 11.9. The quantitative estimate of drug-likeness (QED) is 0.255. The summed E-state index contributed by atoms with van der Waals surface area (Å²) in [4.78, 5) is 47.6. The summed E-state index contributed by atoms with van der Waals surface area (Å²) in [5.41, 5.74) is 0.457. The molecule has 2 aliphatic heterocycles. The number of ether oxygens (including phenoxy) is 1. The molecule has 0 saturated carbocycles. The molecule has 132 valence electrons. The van der Waals surface area contributed by atoms with Gasteiger partial charge in [0.05, 0.1) is 16.9 Å². The molecule has 2 heterocycles. The van der Waals surface area contributed by atoms with Crippen LogP contribution >= 0.6 is 0 Å². The van der Waals surface area contributed by atoms with E-state index in [9.17, 15) is 24.5 Å². The zero-order valence-corrected chi connectivity index (χ0v) is 13.2. The molecule has 0 aromatic heterocycles. The van der Waals surface area contributed by atoms with Crippen molar-refractivity contribution >= 4 is 23.3 Å². The number of nitrogens with zero attached hydrogens (tertiary/aromatic N) is 2. The van der Waals surface area contributed by atoms with Crippen molar-refractivity contribution in [3.05, 3.63) is 39.9 Å². The van der Waals surface area contributed by atoms with Crippen LogP contribution in [0, 0.1) is 16.0 Å². The molecule has 25 heavy (non-hydrogen) atoms. The number of rotatable bonds is 6. The number of fused-ring (bicyclic) bond motifs is 1. The van der Waals surface area contributed by atoms with Crippen molar-refractivity contribution in [3.8, 4) is 0 Å². The van der Waals surface area contributed by atoms with E-state index in [0.29, 0.717) is 5.56 Å². The minimum atomic E-state index is -1.23. The Morgan fingerprint density at radius 2 is 2.00 bits per heavy atom. The second kappa shape index (κ2) is 6.60. The Kier molecular flexibility index (Phi) is 4.49. The number of carbonyl (C=O) groups is 3. The van der Waals surface area contributed by atoms with Gasteiger partial charge in [-0.05, 0) is 24.1 Å². The Morgan fingerprint density at radius 1 is 1.32 bits per heavy atom. The number of amides is 1. The summed E-state index contributed by atoms with van der Waals surface area (Å²) in [6.45, 7) is -0.294. The van der Waals surface area contributed by atoms with Gasteiger partial charge in [0, 0.05) is 25.2 Å². The average molecular weight is 348 g/mol. The summed E-state index contributed by atoms with van der Waals surface area (Å²) in [6.07, 6.45) is 0.367. The van der Waals surface area contributed by atoms with Crippen LogP contribution in [-0.2, 0) is 25.7 Å². The number of nitro benzene ring substituents is 1. The molecule has 9 nitrogen and oxygen atoms in total. The Labute approximate surface area is 142 Å². The molecular weight excluding hydrogens is 332 g/mol. The number of carbonyl (C=O) groups excluding carboxylic acids is 3. The summed E-state index contributed by atoms with van der Waals surface area (Å²) in [5.74, 6) is -1.90. The molecule has 0 radical (unpaired) electrons. The van der Waals surface area contributed by atoms with Gasteiger partial charge in [-0.3, -0.25) is 19.7 Å². The third kappa shape index (κ3) is 2.98. The van der Waals surface area contributed by atoms with Gasteiger partial charge < -0.3 is 14.7 Å². The second-order valence-electron chi connectivity index (χ2n) is 6.04. The molecule has 1 amide bonds. The first kappa shape index (κ1) is 17.0. The summed E-state index contributed by atoms with van der Waals surface area (Å²) in [6, 6.07) is 3.92. The third-order valence-corrected chi connectivity index (χ3v) is 4.58. The van der Waals surface area contributed by atoms with Crippen molar-refractivity contribution in [2.24, 2.45) is 5.92 Å². The van der Waals surface area contributed by atoms with Crippen molar-refractivity contribution in [2.75, 3.05) is 6.61 Å². The molecule has 0 aliphatic carbocycles. The summed E-state index contributed by atoms with van der Waals surface area (Å²) in [5, 5.41) is 19.6. The largest absolute Gasteiger partial charge is 0.459 e. The number of hydrogen-bond donors (Lipinski definition) is 1. The van der Waals surface area contributed by atoms with E-state index in [2.05, 4.69) is 0 Å². The Bertz CT molecular complexity index is 731. The summed E-state index contributed by atoms with van der Waals surface area (Å²) < 4.78 is 5.11. The Morgan fingerprint density at radius 3 is 2.60 bits per heavy atom. The lowest BCUT2D eigenvalue weighted by Crippen LogP contribution is -2.62. The van der Waals surface area contributed by atoms with Gasteiger partial charge in [0.2, 0.25) is 5.91 Å². The summed E-state index contributed by atoms with van der Waals surface area (Å²) in [7, 11) is 0. The van der Waals surface area contributed by atoms with Crippen LogP contribution in [0.1, 0.15) is 18.4 Å². The molecule has 1 aromatic carbocycles. The van der Waals surface area contributed by atoms with Crippen LogP contribution in [0.5, 0.6) is 0 Å². The van der Waals surface area contributed by atoms with Crippen LogP contribution in [0.2, 0.25) is 0 Å². The molecular formula is C16H16N2O7. The minimum absolute atomic E-state index is 0.0787. The van der Waals surface area contributed by atoms with Gasteiger partial charge in [-0.1, -0.05) is 0 Å². The van der Waals surface area contributed by atoms with E-state index < -0.39 is 22.9 Å². The third-order valence-electron chi connectivity index (χ3n) is 4.58. The zero-order chi connectivity index (χ0) is 18.1. The topological polar surface area (TPSA) is 127 Å². The van der Waals surface area contributed by atoms with Crippen molar-refractivity contribution in [1.82, 2.24) is 4.90 Å². The first-order valence-electron chi connectivity index (χ1n) is 7.79. The predicted octanol–water partition coefficient (Wildman–Crippen LogP) is 0.189. The van der Waals surface area contributed by atoms with Crippen LogP contribution < -0.4 is 0 Å². The van der Waals surface area contributed by atoms with E-state index in [-0.39, 0.29) is 49.5 Å². The number of nitro groups is 1.